The summed E-state index contributed by atoms with van der Waals surface area (Å²) in [6.45, 7) is 0.00950. The quantitative estimate of drug-likeness (QED) is 0.103. The van der Waals surface area contributed by atoms with Crippen LogP contribution in [0.5, 0.6) is 0 Å². The van der Waals surface area contributed by atoms with E-state index in [4.69, 9.17) is 5.73 Å². The van der Waals surface area contributed by atoms with E-state index in [1.54, 1.807) is 28.8 Å². The highest BCUT2D eigenvalue weighted by atomic mass is 32.2. The molecule has 1 fully saturated rings. The monoisotopic (exact) mass is 493 g/mol. The molecule has 2 aliphatic heterocycles. The maximum absolute atomic E-state index is 12.8. The molecule has 1 saturated heterocycles. The number of amides is 2. The summed E-state index contributed by atoms with van der Waals surface area (Å²) in [5, 5.41) is 36.8. The Kier molecular flexibility index (Phi) is 6.09. The molecule has 4 heterocycles. The van der Waals surface area contributed by atoms with Crippen LogP contribution in [0.25, 0.3) is 0 Å². The zero-order chi connectivity index (χ0) is 23.9. The number of β-lactam (4-membered cyclic amide) rings is 1. The summed E-state index contributed by atoms with van der Waals surface area (Å²) < 4.78 is 3.40. The van der Waals surface area contributed by atoms with E-state index >= 15 is 0 Å². The summed E-state index contributed by atoms with van der Waals surface area (Å²) in [4.78, 5) is 42.3. The number of nitrogens with two attached hydrogens (primary N) is 1. The lowest BCUT2D eigenvalue weighted by molar-refractivity contribution is -0.753. The third-order valence-electron chi connectivity index (χ3n) is 5.21. The molecule has 2 aromatic heterocycles. The Bertz CT molecular complexity index is 1200. The number of nitrogens with one attached hydrogen (secondary N) is 1. The van der Waals surface area contributed by atoms with Crippen molar-refractivity contribution >= 4 is 51.7 Å². The highest BCUT2D eigenvalue weighted by Gasteiger charge is 2.53. The van der Waals surface area contributed by atoms with E-state index in [0.29, 0.717) is 11.1 Å². The number of aliphatic carboxylic acids is 1. The van der Waals surface area contributed by atoms with E-state index in [1.807, 2.05) is 0 Å². The van der Waals surface area contributed by atoms with Crippen LogP contribution >= 0.6 is 23.1 Å². The number of thioether (sulfide) groups is 1. The number of hydrogen-bond donors (Lipinski definition) is 4. The minimum atomic E-state index is -1.50. The largest absolute Gasteiger partial charge is 0.543 e. The molecule has 0 bridgehead atoms. The summed E-state index contributed by atoms with van der Waals surface area (Å²) in [7, 11) is 1.74. The van der Waals surface area contributed by atoms with E-state index < -0.39 is 34.9 Å². The fourth-order valence-corrected chi connectivity index (χ4v) is 5.56. The van der Waals surface area contributed by atoms with Gasteiger partial charge in [0, 0.05) is 11.1 Å². The average molecular weight is 494 g/mol. The number of aryl methyl sites for hydroxylation is 1. The average Bonchev–Trinajstić information content (AvgIpc) is 3.37. The second kappa shape index (κ2) is 8.84. The molecule has 0 aliphatic carbocycles. The number of carbonyl (C=O) groups is 3. The number of thiazole rings is 1. The molecule has 2 amide bonds. The van der Waals surface area contributed by atoms with Gasteiger partial charge in [0.25, 0.3) is 11.8 Å². The Morgan fingerprint density at radius 3 is 2.82 bits per heavy atom. The third kappa shape index (κ3) is 4.05. The van der Waals surface area contributed by atoms with Crippen molar-refractivity contribution in [2.45, 2.75) is 24.6 Å². The Labute approximate surface area is 194 Å². The second-order valence-electron chi connectivity index (χ2n) is 7.28. The van der Waals surface area contributed by atoms with Crippen LogP contribution in [-0.4, -0.2) is 65.5 Å². The van der Waals surface area contributed by atoms with Gasteiger partial charge in [-0.15, -0.1) is 27.8 Å². The van der Waals surface area contributed by atoms with Crippen LogP contribution in [0.15, 0.2) is 34.2 Å². The molecule has 33 heavy (non-hydrogen) atoms. The minimum Gasteiger partial charge on any atom is -0.543 e. The van der Waals surface area contributed by atoms with Gasteiger partial charge in [0.15, 0.2) is 17.9 Å². The smallest absolute Gasteiger partial charge is 0.276 e. The van der Waals surface area contributed by atoms with E-state index in [1.165, 1.54) is 17.1 Å². The van der Waals surface area contributed by atoms with Crippen LogP contribution in [0, 0.1) is 0 Å². The Balaban J connectivity index is 1.53. The summed E-state index contributed by atoms with van der Waals surface area (Å²) in [6, 6.07) is -1.02. The van der Waals surface area contributed by atoms with Gasteiger partial charge in [-0.05, 0) is 5.57 Å². The number of carboxylic acids is 1. The molecule has 174 valence electrons. The predicted octanol–water partition coefficient (Wildman–Crippen LogP) is -2.87. The van der Waals surface area contributed by atoms with Gasteiger partial charge in [-0.2, -0.15) is 4.68 Å². The van der Waals surface area contributed by atoms with E-state index in [0.717, 1.165) is 16.2 Å². The fourth-order valence-electron chi connectivity index (χ4n) is 3.68. The number of fused-ring (bicyclic) bond motifs is 1. The van der Waals surface area contributed by atoms with Gasteiger partial charge in [0.1, 0.15) is 23.7 Å². The SMILES string of the molecule is C[n+]1cc(CO)cn1CC1=C(C(=O)[O-])N2C(=O)[C@@H](NC(=O)C(=NO)c3csc(N)n3)[C@H]2SC1. The number of oxime groups is 1. The molecule has 2 aromatic rings. The van der Waals surface area contributed by atoms with Crippen molar-refractivity contribution in [3.63, 3.8) is 0 Å². The lowest BCUT2D eigenvalue weighted by atomic mass is 10.0. The van der Waals surface area contributed by atoms with Crippen molar-refractivity contribution in [1.29, 1.82) is 0 Å². The molecule has 0 spiro atoms. The van der Waals surface area contributed by atoms with Crippen LogP contribution in [-0.2, 0) is 34.6 Å². The van der Waals surface area contributed by atoms with Crippen LogP contribution in [0.1, 0.15) is 11.3 Å². The highest BCUT2D eigenvalue weighted by Crippen LogP contribution is 2.40. The third-order valence-corrected chi connectivity index (χ3v) is 7.23. The van der Waals surface area contributed by atoms with Crippen molar-refractivity contribution in [1.82, 2.24) is 19.9 Å². The molecular formula is C18H19N7O6S2. The summed E-state index contributed by atoms with van der Waals surface area (Å²) in [6.07, 6.45) is 3.38. The van der Waals surface area contributed by atoms with Gasteiger partial charge in [0.05, 0.1) is 30.0 Å². The summed E-state index contributed by atoms with van der Waals surface area (Å²) >= 11 is 2.34. The lowest BCUT2D eigenvalue weighted by Crippen LogP contribution is -2.71. The second-order valence-corrected chi connectivity index (χ2v) is 9.28. The first-order valence-corrected chi connectivity index (χ1v) is 11.5. The number of anilines is 1. The van der Waals surface area contributed by atoms with E-state index in [9.17, 15) is 29.8 Å². The highest BCUT2D eigenvalue weighted by molar-refractivity contribution is 8.00. The number of aromatic nitrogens is 3. The zero-order valence-corrected chi connectivity index (χ0v) is 18.8. The number of hydrogen-bond acceptors (Lipinski definition) is 11. The molecule has 15 heteroatoms. The van der Waals surface area contributed by atoms with Crippen molar-refractivity contribution in [2.75, 3.05) is 11.5 Å². The predicted molar refractivity (Wildman–Crippen MR) is 113 cm³/mol. The van der Waals surface area contributed by atoms with E-state index in [-0.39, 0.29) is 35.4 Å². The van der Waals surface area contributed by atoms with Crippen LogP contribution in [0.2, 0.25) is 0 Å². The molecular weight excluding hydrogens is 474 g/mol. The number of nitrogen functional groups attached to an aromatic ring is 1. The summed E-state index contributed by atoms with van der Waals surface area (Å²) in [5.74, 6) is -2.69. The van der Waals surface area contributed by atoms with Crippen LogP contribution in [0.3, 0.4) is 0 Å². The van der Waals surface area contributed by atoms with Crippen molar-refractivity contribution in [3.8, 4) is 0 Å². The normalized spacial score (nSPS) is 20.5. The number of rotatable bonds is 7. The first kappa shape index (κ1) is 22.8. The molecule has 2 aliphatic rings. The number of carbonyl (C=O) groups excluding carboxylic acids is 3. The molecule has 2 atom stereocenters. The zero-order valence-electron chi connectivity index (χ0n) is 17.2. The first-order chi connectivity index (χ1) is 15.7. The number of carboxylic acid groups (broad SMARTS) is 1. The lowest BCUT2D eigenvalue weighted by Gasteiger charge is -2.50. The standard InChI is InChI=1S/C18H19N7O6S2/c1-23-2-8(5-26)3-24(23)4-9-6-32-16-12(15(28)25(16)13(9)17(29)30)21-14(27)11(22-31)10-7-33-18(19)20-10/h2-3,7,12,16,26H,4-6H2,1H3,(H4-,19,20,21,27,29,30,31)/t12-,16-/m1/s1. The van der Waals surface area contributed by atoms with Crippen molar-refractivity contribution in [2.24, 2.45) is 12.2 Å². The van der Waals surface area contributed by atoms with Gasteiger partial charge >= 0.3 is 0 Å². The summed E-state index contributed by atoms with van der Waals surface area (Å²) in [5.41, 5.74) is 6.06. The number of nitrogens with zero attached hydrogens (tertiary/aromatic N) is 5. The molecule has 4 rings (SSSR count). The van der Waals surface area contributed by atoms with Gasteiger partial charge in [-0.25, -0.2) is 4.98 Å². The molecule has 0 unspecified atom stereocenters. The van der Waals surface area contributed by atoms with Crippen molar-refractivity contribution in [3.05, 3.63) is 40.3 Å². The minimum absolute atomic E-state index is 0.0527. The maximum Gasteiger partial charge on any atom is 0.276 e. The number of aliphatic hydroxyl groups excluding tert-OH is 1. The molecule has 0 saturated carbocycles. The molecule has 0 aromatic carbocycles. The van der Waals surface area contributed by atoms with Crippen molar-refractivity contribution < 1.29 is 34.5 Å². The molecule has 13 nitrogen and oxygen atoms in total. The van der Waals surface area contributed by atoms with Crippen LogP contribution < -0.4 is 20.8 Å². The van der Waals surface area contributed by atoms with E-state index in [2.05, 4.69) is 15.5 Å². The first-order valence-electron chi connectivity index (χ1n) is 9.53. The number of aliphatic hydroxyl groups is 1. The molecule has 0 radical (unpaired) electrons. The molecule has 5 N–H and O–H groups in total. The Morgan fingerprint density at radius 2 is 2.24 bits per heavy atom. The van der Waals surface area contributed by atoms with Gasteiger partial charge in [-0.1, -0.05) is 5.16 Å². The van der Waals surface area contributed by atoms with Crippen LogP contribution in [0.4, 0.5) is 5.13 Å². The topological polar surface area (TPSA) is 190 Å². The van der Waals surface area contributed by atoms with Gasteiger partial charge < -0.3 is 31.3 Å². The van der Waals surface area contributed by atoms with Gasteiger partial charge in [0.2, 0.25) is 6.20 Å². The Hall–Kier alpha value is -3.43. The maximum atomic E-state index is 12.8. The fraction of sp³-hybridized carbons (Fsp3) is 0.333. The van der Waals surface area contributed by atoms with Gasteiger partial charge in [-0.3, -0.25) is 14.5 Å². The Morgan fingerprint density at radius 1 is 1.48 bits per heavy atom.